The van der Waals surface area contributed by atoms with E-state index in [4.69, 9.17) is 0 Å². The average molecular weight is 333 g/mol. The highest BCUT2D eigenvalue weighted by atomic mass is 16.2. The van der Waals surface area contributed by atoms with Crippen LogP contribution < -0.4 is 10.2 Å². The lowest BCUT2D eigenvalue weighted by Crippen LogP contribution is -2.48. The molecule has 1 saturated heterocycles. The molecule has 0 aliphatic carbocycles. The van der Waals surface area contributed by atoms with Gasteiger partial charge in [0.05, 0.1) is 6.54 Å². The minimum absolute atomic E-state index is 0.00717. The molecule has 2 rings (SSSR count). The van der Waals surface area contributed by atoms with Gasteiger partial charge in [-0.25, -0.2) is 0 Å². The maximum absolute atomic E-state index is 12.2. The first-order valence-corrected chi connectivity index (χ1v) is 8.59. The van der Waals surface area contributed by atoms with Crippen LogP contribution in [0.5, 0.6) is 0 Å². The Balaban J connectivity index is 1.78. The highest BCUT2D eigenvalue weighted by Crippen LogP contribution is 2.19. The molecule has 0 aromatic carbocycles. The molecule has 2 amide bonds. The van der Waals surface area contributed by atoms with Crippen LogP contribution in [-0.2, 0) is 9.59 Å². The smallest absolute Gasteiger partial charge is 0.241 e. The third-order valence-corrected chi connectivity index (χ3v) is 4.76. The zero-order valence-corrected chi connectivity index (χ0v) is 14.7. The van der Waals surface area contributed by atoms with E-state index in [1.165, 1.54) is 0 Å². The van der Waals surface area contributed by atoms with Gasteiger partial charge in [0.2, 0.25) is 11.8 Å². The van der Waals surface area contributed by atoms with Crippen molar-refractivity contribution in [3.05, 3.63) is 18.3 Å². The Bertz CT molecular complexity index is 543. The summed E-state index contributed by atoms with van der Waals surface area (Å²) in [6.07, 6.45) is 4.21. The summed E-state index contributed by atoms with van der Waals surface area (Å²) in [4.78, 5) is 27.9. The third kappa shape index (κ3) is 4.66. The predicted molar refractivity (Wildman–Crippen MR) is 92.5 cm³/mol. The molecule has 132 valence electrons. The van der Waals surface area contributed by atoms with E-state index in [1.807, 2.05) is 37.9 Å². The Morgan fingerprint density at radius 1 is 1.42 bits per heavy atom. The zero-order valence-electron chi connectivity index (χ0n) is 14.7. The Morgan fingerprint density at radius 3 is 2.71 bits per heavy atom. The number of amides is 2. The van der Waals surface area contributed by atoms with Gasteiger partial charge < -0.3 is 15.1 Å². The molecular weight excluding hydrogens is 306 g/mol. The minimum atomic E-state index is -0.0527. The number of hydrogen-bond acceptors (Lipinski definition) is 5. The summed E-state index contributed by atoms with van der Waals surface area (Å²) in [7, 11) is 2.01. The van der Waals surface area contributed by atoms with Crippen molar-refractivity contribution in [1.82, 2.24) is 20.4 Å². The number of anilines is 1. The first-order valence-electron chi connectivity index (χ1n) is 8.59. The van der Waals surface area contributed by atoms with Gasteiger partial charge in [-0.3, -0.25) is 9.59 Å². The molecule has 1 aliphatic heterocycles. The van der Waals surface area contributed by atoms with Gasteiger partial charge in [-0.2, -0.15) is 5.10 Å². The molecule has 0 radical (unpaired) electrons. The van der Waals surface area contributed by atoms with Gasteiger partial charge in [0, 0.05) is 38.3 Å². The summed E-state index contributed by atoms with van der Waals surface area (Å²) in [6.45, 7) is 5.33. The highest BCUT2D eigenvalue weighted by molar-refractivity contribution is 5.85. The van der Waals surface area contributed by atoms with E-state index in [1.54, 1.807) is 6.20 Å². The van der Waals surface area contributed by atoms with E-state index in [0.29, 0.717) is 19.1 Å². The molecule has 1 aromatic heterocycles. The van der Waals surface area contributed by atoms with E-state index in [2.05, 4.69) is 20.4 Å². The number of piperidine rings is 1. The number of carbonyl (C=O) groups excluding carboxylic acids is 2. The third-order valence-electron chi connectivity index (χ3n) is 4.76. The molecule has 1 atom stereocenters. The first kappa shape index (κ1) is 18.2. The normalized spacial score (nSPS) is 16.5. The van der Waals surface area contributed by atoms with Crippen LogP contribution in [0, 0.1) is 5.92 Å². The number of hydrogen-bond donors (Lipinski definition) is 1. The zero-order chi connectivity index (χ0) is 17.5. The summed E-state index contributed by atoms with van der Waals surface area (Å²) in [6, 6.07) is 4.16. The molecule has 24 heavy (non-hydrogen) atoms. The van der Waals surface area contributed by atoms with Crippen LogP contribution in [0.3, 0.4) is 0 Å². The second-order valence-electron chi connectivity index (χ2n) is 6.33. The number of carbonyl (C=O) groups is 2. The Morgan fingerprint density at radius 2 is 2.12 bits per heavy atom. The van der Waals surface area contributed by atoms with Crippen molar-refractivity contribution in [3.8, 4) is 0 Å². The predicted octanol–water partition coefficient (Wildman–Crippen LogP) is 1.07. The molecule has 0 spiro atoms. The lowest BCUT2D eigenvalue weighted by atomic mass is 10.0. The molecule has 1 fully saturated rings. The Hall–Kier alpha value is -2.18. The Kier molecular flexibility index (Phi) is 6.52. The molecule has 0 bridgehead atoms. The molecule has 7 heteroatoms. The fourth-order valence-electron chi connectivity index (χ4n) is 2.81. The first-order chi connectivity index (χ1) is 11.5. The van der Waals surface area contributed by atoms with Gasteiger partial charge >= 0.3 is 0 Å². The number of rotatable bonds is 6. The molecule has 1 aliphatic rings. The van der Waals surface area contributed by atoms with E-state index < -0.39 is 0 Å². The average Bonchev–Trinajstić information content (AvgIpc) is 2.65. The number of nitrogens with one attached hydrogen (secondary N) is 1. The van der Waals surface area contributed by atoms with Gasteiger partial charge in [0.25, 0.3) is 0 Å². The van der Waals surface area contributed by atoms with Crippen molar-refractivity contribution in [2.45, 2.75) is 39.2 Å². The summed E-state index contributed by atoms with van der Waals surface area (Å²) >= 11 is 0. The summed E-state index contributed by atoms with van der Waals surface area (Å²) in [5.41, 5.74) is 0. The molecule has 1 unspecified atom stereocenters. The van der Waals surface area contributed by atoms with E-state index in [0.717, 1.165) is 25.1 Å². The van der Waals surface area contributed by atoms with Gasteiger partial charge in [0.1, 0.15) is 0 Å². The number of aromatic nitrogens is 2. The van der Waals surface area contributed by atoms with Crippen LogP contribution in [0.25, 0.3) is 0 Å². The highest BCUT2D eigenvalue weighted by Gasteiger charge is 2.26. The maximum atomic E-state index is 12.2. The van der Waals surface area contributed by atoms with Crippen LogP contribution in [-0.4, -0.2) is 59.6 Å². The molecule has 0 saturated carbocycles. The standard InChI is InChI=1S/C17H27N5O2/c1-4-13(2)17(24)18-12-16(23)22-10-7-14(8-11-22)21(3)15-6-5-9-19-20-15/h5-6,9,13-14H,4,7-8,10-12H2,1-3H3,(H,18,24). The van der Waals surface area contributed by atoms with Crippen molar-refractivity contribution in [1.29, 1.82) is 0 Å². The van der Waals surface area contributed by atoms with Crippen molar-refractivity contribution in [2.75, 3.05) is 31.6 Å². The SMILES string of the molecule is CCC(C)C(=O)NCC(=O)N1CCC(N(C)c2cccnn2)CC1. The van der Waals surface area contributed by atoms with Crippen LogP contribution in [0.4, 0.5) is 5.82 Å². The van der Waals surface area contributed by atoms with Crippen LogP contribution >= 0.6 is 0 Å². The van der Waals surface area contributed by atoms with Crippen LogP contribution in [0.2, 0.25) is 0 Å². The monoisotopic (exact) mass is 333 g/mol. The van der Waals surface area contributed by atoms with Crippen LogP contribution in [0.1, 0.15) is 33.1 Å². The topological polar surface area (TPSA) is 78.4 Å². The van der Waals surface area contributed by atoms with E-state index in [9.17, 15) is 9.59 Å². The van der Waals surface area contributed by atoms with E-state index in [-0.39, 0.29) is 24.3 Å². The molecule has 2 heterocycles. The number of likely N-dealkylation sites (tertiary alicyclic amines) is 1. The molecule has 1 aromatic rings. The summed E-state index contributed by atoms with van der Waals surface area (Å²) < 4.78 is 0. The fraction of sp³-hybridized carbons (Fsp3) is 0.647. The lowest BCUT2D eigenvalue weighted by molar-refractivity contribution is -0.134. The molecular formula is C17H27N5O2. The van der Waals surface area contributed by atoms with Gasteiger partial charge in [0.15, 0.2) is 5.82 Å². The van der Waals surface area contributed by atoms with Crippen molar-refractivity contribution < 1.29 is 9.59 Å². The molecule has 7 nitrogen and oxygen atoms in total. The van der Waals surface area contributed by atoms with Crippen molar-refractivity contribution in [3.63, 3.8) is 0 Å². The lowest BCUT2D eigenvalue weighted by Gasteiger charge is -2.37. The van der Waals surface area contributed by atoms with Gasteiger partial charge in [-0.15, -0.1) is 5.10 Å². The second-order valence-corrected chi connectivity index (χ2v) is 6.33. The van der Waals surface area contributed by atoms with Crippen molar-refractivity contribution >= 4 is 17.6 Å². The fourth-order valence-corrected chi connectivity index (χ4v) is 2.81. The Labute approximate surface area is 143 Å². The van der Waals surface area contributed by atoms with Crippen LogP contribution in [0.15, 0.2) is 18.3 Å². The summed E-state index contributed by atoms with van der Waals surface area (Å²) in [5, 5.41) is 10.8. The van der Waals surface area contributed by atoms with E-state index >= 15 is 0 Å². The second kappa shape index (κ2) is 8.61. The molecule has 1 N–H and O–H groups in total. The largest absolute Gasteiger partial charge is 0.355 e. The van der Waals surface area contributed by atoms with Gasteiger partial charge in [-0.1, -0.05) is 13.8 Å². The quantitative estimate of drug-likeness (QED) is 0.842. The van der Waals surface area contributed by atoms with Gasteiger partial charge in [-0.05, 0) is 31.4 Å². The number of nitrogens with zero attached hydrogens (tertiary/aromatic N) is 4. The summed E-state index contributed by atoms with van der Waals surface area (Å²) in [5.74, 6) is 0.739. The minimum Gasteiger partial charge on any atom is -0.355 e. The van der Waals surface area contributed by atoms with Crippen molar-refractivity contribution in [2.24, 2.45) is 5.92 Å². The maximum Gasteiger partial charge on any atom is 0.241 e.